The molecule has 178 valence electrons. The van der Waals surface area contributed by atoms with Gasteiger partial charge in [-0.2, -0.15) is 10.1 Å². The summed E-state index contributed by atoms with van der Waals surface area (Å²) in [5.74, 6) is -0.185. The van der Waals surface area contributed by atoms with Crippen molar-refractivity contribution in [1.29, 1.82) is 0 Å². The summed E-state index contributed by atoms with van der Waals surface area (Å²) in [7, 11) is 0. The smallest absolute Gasteiger partial charge is 0.272 e. The summed E-state index contributed by atoms with van der Waals surface area (Å²) in [6, 6.07) is 6.28. The van der Waals surface area contributed by atoms with E-state index in [0.29, 0.717) is 0 Å². The minimum atomic E-state index is -0.467. The molecule has 0 bridgehead atoms. The van der Waals surface area contributed by atoms with Crippen LogP contribution in [0.15, 0.2) is 29.4 Å². The van der Waals surface area contributed by atoms with Crippen molar-refractivity contribution in [2.45, 2.75) is 116 Å². The molecule has 1 aliphatic heterocycles. The van der Waals surface area contributed by atoms with E-state index < -0.39 is 4.92 Å². The number of benzene rings is 1. The summed E-state index contributed by atoms with van der Waals surface area (Å²) in [5.41, 5.74) is 1.01. The molecule has 0 atom stereocenters. The topological polar surface area (TPSA) is 75.8 Å². The largest absolute Gasteiger partial charge is 0.295 e. The number of hydrogen-bond acceptors (Lipinski definition) is 4. The third-order valence-electron chi connectivity index (χ3n) is 6.21. The zero-order valence-corrected chi connectivity index (χ0v) is 19.9. The Bertz CT molecular complexity index is 733. The van der Waals surface area contributed by atoms with Gasteiger partial charge in [0.2, 0.25) is 0 Å². The Labute approximate surface area is 193 Å². The number of rotatable bonds is 18. The van der Waals surface area contributed by atoms with Crippen molar-refractivity contribution < 1.29 is 9.72 Å². The zero-order valence-electron chi connectivity index (χ0n) is 19.9. The molecule has 0 radical (unpaired) electrons. The molecule has 0 saturated heterocycles. The van der Waals surface area contributed by atoms with E-state index in [4.69, 9.17) is 0 Å². The van der Waals surface area contributed by atoms with Crippen LogP contribution in [-0.4, -0.2) is 16.5 Å². The molecule has 2 rings (SSSR count). The Kier molecular flexibility index (Phi) is 12.6. The van der Waals surface area contributed by atoms with Crippen LogP contribution in [-0.2, 0) is 4.79 Å². The highest BCUT2D eigenvalue weighted by Crippen LogP contribution is 2.31. The molecule has 1 amide bonds. The van der Waals surface area contributed by atoms with Gasteiger partial charge >= 0.3 is 0 Å². The predicted molar refractivity (Wildman–Crippen MR) is 132 cm³/mol. The van der Waals surface area contributed by atoms with Gasteiger partial charge in [-0.1, -0.05) is 109 Å². The lowest BCUT2D eigenvalue weighted by Gasteiger charge is -2.11. The molecule has 6 nitrogen and oxygen atoms in total. The van der Waals surface area contributed by atoms with Crippen LogP contribution in [0.1, 0.15) is 116 Å². The van der Waals surface area contributed by atoms with E-state index in [-0.39, 0.29) is 23.7 Å². The standard InChI is InChI=1S/C26H41N3O3/c1-2-3-4-5-6-7-8-9-10-11-12-13-14-15-16-19-23-22-26(30)28(27-23)24-20-17-18-21-25(24)29(31)32/h17-18,20-21H,2-16,19,22H2,1H3. The maximum Gasteiger partial charge on any atom is 0.295 e. The van der Waals surface area contributed by atoms with E-state index in [2.05, 4.69) is 12.0 Å². The molecule has 1 aromatic rings. The van der Waals surface area contributed by atoms with Crippen LogP contribution >= 0.6 is 0 Å². The van der Waals surface area contributed by atoms with Gasteiger partial charge < -0.3 is 0 Å². The number of hydrogen-bond donors (Lipinski definition) is 0. The first-order chi connectivity index (χ1) is 15.6. The van der Waals surface area contributed by atoms with E-state index in [1.165, 1.54) is 94.5 Å². The summed E-state index contributed by atoms with van der Waals surface area (Å²) in [4.78, 5) is 23.1. The molecule has 0 aromatic heterocycles. The van der Waals surface area contributed by atoms with E-state index in [1.807, 2.05) is 0 Å². The summed E-state index contributed by atoms with van der Waals surface area (Å²) in [5, 5.41) is 16.8. The van der Waals surface area contributed by atoms with Gasteiger partial charge in [0.15, 0.2) is 0 Å². The molecule has 0 fully saturated rings. The number of hydrazone groups is 1. The van der Waals surface area contributed by atoms with Crippen LogP contribution in [0.4, 0.5) is 11.4 Å². The Morgan fingerprint density at radius 1 is 0.844 bits per heavy atom. The number of nitrogens with zero attached hydrogens (tertiary/aromatic N) is 3. The molecule has 1 heterocycles. The van der Waals surface area contributed by atoms with Crippen molar-refractivity contribution in [3.05, 3.63) is 34.4 Å². The minimum Gasteiger partial charge on any atom is -0.272 e. The fourth-order valence-corrected chi connectivity index (χ4v) is 4.31. The summed E-state index contributed by atoms with van der Waals surface area (Å²) in [6.45, 7) is 2.27. The molecule has 0 aliphatic carbocycles. The van der Waals surface area contributed by atoms with Crippen molar-refractivity contribution in [2.75, 3.05) is 5.01 Å². The number of para-hydroxylation sites is 2. The minimum absolute atomic E-state index is 0.0853. The van der Waals surface area contributed by atoms with E-state index >= 15 is 0 Å². The van der Waals surface area contributed by atoms with Crippen LogP contribution < -0.4 is 5.01 Å². The van der Waals surface area contributed by atoms with Crippen molar-refractivity contribution in [2.24, 2.45) is 5.10 Å². The monoisotopic (exact) mass is 443 g/mol. The van der Waals surface area contributed by atoms with E-state index in [1.54, 1.807) is 18.2 Å². The highest BCUT2D eigenvalue weighted by atomic mass is 16.6. The van der Waals surface area contributed by atoms with E-state index in [9.17, 15) is 14.9 Å². The quantitative estimate of drug-likeness (QED) is 0.131. The van der Waals surface area contributed by atoms with Gasteiger partial charge in [0.25, 0.3) is 11.6 Å². The SMILES string of the molecule is CCCCCCCCCCCCCCCCCC1=NN(c2ccccc2[N+](=O)[O-])C(=O)C1. The second kappa shape index (κ2) is 15.5. The number of unbranched alkanes of at least 4 members (excludes halogenated alkanes) is 14. The molecule has 0 unspecified atom stereocenters. The lowest BCUT2D eigenvalue weighted by Crippen LogP contribution is -2.20. The Hall–Kier alpha value is -2.24. The van der Waals surface area contributed by atoms with Crippen molar-refractivity contribution >= 4 is 23.0 Å². The molecule has 1 aliphatic rings. The lowest BCUT2D eigenvalue weighted by molar-refractivity contribution is -0.384. The Morgan fingerprint density at radius 3 is 1.88 bits per heavy atom. The summed E-state index contributed by atoms with van der Waals surface area (Å²) in [6.07, 6.45) is 20.9. The van der Waals surface area contributed by atoms with Crippen molar-refractivity contribution in [3.63, 3.8) is 0 Å². The highest BCUT2D eigenvalue weighted by Gasteiger charge is 2.29. The molecule has 6 heteroatoms. The third-order valence-corrected chi connectivity index (χ3v) is 6.21. The second-order valence-corrected chi connectivity index (χ2v) is 8.99. The van der Waals surface area contributed by atoms with Gasteiger partial charge in [-0.25, -0.2) is 0 Å². The van der Waals surface area contributed by atoms with Crippen LogP contribution in [0.2, 0.25) is 0 Å². The number of nitro benzene ring substituents is 1. The fraction of sp³-hybridized carbons (Fsp3) is 0.692. The van der Waals surface area contributed by atoms with Gasteiger partial charge in [0.1, 0.15) is 5.69 Å². The first-order valence-corrected chi connectivity index (χ1v) is 12.8. The Morgan fingerprint density at radius 2 is 1.34 bits per heavy atom. The van der Waals surface area contributed by atoms with E-state index in [0.717, 1.165) is 25.0 Å². The van der Waals surface area contributed by atoms with Crippen LogP contribution in [0.5, 0.6) is 0 Å². The first-order valence-electron chi connectivity index (χ1n) is 12.8. The van der Waals surface area contributed by atoms with Crippen molar-refractivity contribution in [3.8, 4) is 0 Å². The summed E-state index contributed by atoms with van der Waals surface area (Å²) >= 11 is 0. The molecule has 1 aromatic carbocycles. The number of anilines is 1. The van der Waals surface area contributed by atoms with Gasteiger partial charge in [0, 0.05) is 11.8 Å². The van der Waals surface area contributed by atoms with Crippen LogP contribution in [0.3, 0.4) is 0 Å². The third kappa shape index (κ3) is 9.49. The second-order valence-electron chi connectivity index (χ2n) is 8.99. The Balaban J connectivity index is 1.51. The number of carbonyl (C=O) groups excluding carboxylic acids is 1. The van der Waals surface area contributed by atoms with Crippen LogP contribution in [0, 0.1) is 10.1 Å². The van der Waals surface area contributed by atoms with Crippen LogP contribution in [0.25, 0.3) is 0 Å². The molecular formula is C26H41N3O3. The number of amides is 1. The first kappa shape index (κ1) is 26.0. The number of carbonyl (C=O) groups is 1. The lowest BCUT2D eigenvalue weighted by atomic mass is 10.0. The number of nitro groups is 1. The van der Waals surface area contributed by atoms with Gasteiger partial charge in [0.05, 0.1) is 11.3 Å². The molecule has 0 N–H and O–H groups in total. The average molecular weight is 444 g/mol. The molecule has 0 spiro atoms. The molecule has 0 saturated carbocycles. The summed E-state index contributed by atoms with van der Waals surface area (Å²) < 4.78 is 0. The normalized spacial score (nSPS) is 13.6. The zero-order chi connectivity index (χ0) is 23.0. The highest BCUT2D eigenvalue weighted by molar-refractivity contribution is 6.13. The van der Waals surface area contributed by atoms with Gasteiger partial charge in [-0.15, -0.1) is 0 Å². The predicted octanol–water partition coefficient (Wildman–Crippen LogP) is 7.95. The maximum atomic E-state index is 12.3. The van der Waals surface area contributed by atoms with Gasteiger partial charge in [-0.05, 0) is 18.9 Å². The molecular weight excluding hydrogens is 402 g/mol. The molecule has 32 heavy (non-hydrogen) atoms. The van der Waals surface area contributed by atoms with Gasteiger partial charge in [-0.3, -0.25) is 14.9 Å². The average Bonchev–Trinajstić information content (AvgIpc) is 3.16. The fourth-order valence-electron chi connectivity index (χ4n) is 4.31. The van der Waals surface area contributed by atoms with Crippen molar-refractivity contribution in [1.82, 2.24) is 0 Å². The maximum absolute atomic E-state index is 12.3.